The van der Waals surface area contributed by atoms with Gasteiger partial charge < -0.3 is 11.1 Å². The van der Waals surface area contributed by atoms with E-state index < -0.39 is 0 Å². The van der Waals surface area contributed by atoms with Crippen molar-refractivity contribution in [1.29, 1.82) is 0 Å². The molecule has 1 aromatic carbocycles. The molecule has 0 saturated carbocycles. The molecule has 0 aliphatic rings. The first-order chi connectivity index (χ1) is 5.77. The molecule has 0 saturated heterocycles. The molecule has 0 spiro atoms. The first-order valence-corrected chi connectivity index (χ1v) is 3.74. The van der Waals surface area contributed by atoms with E-state index in [4.69, 9.17) is 5.73 Å². The number of nitrogens with two attached hydrogens (primary N) is 1. The molecule has 0 aliphatic heterocycles. The van der Waals surface area contributed by atoms with Crippen LogP contribution in [0, 0.1) is 4.91 Å². The summed E-state index contributed by atoms with van der Waals surface area (Å²) in [6, 6.07) is 5.02. The van der Waals surface area contributed by atoms with E-state index in [0.717, 1.165) is 12.2 Å². The molecule has 4 heteroatoms. The van der Waals surface area contributed by atoms with Crippen LogP contribution >= 0.6 is 0 Å². The summed E-state index contributed by atoms with van der Waals surface area (Å²) in [4.78, 5) is 10.3. The van der Waals surface area contributed by atoms with Crippen molar-refractivity contribution < 1.29 is 0 Å². The van der Waals surface area contributed by atoms with Crippen LogP contribution in [0.4, 0.5) is 17.1 Å². The number of nitroso groups, excluding NO2 is 1. The minimum atomic E-state index is 0.358. The fourth-order valence-electron chi connectivity index (χ4n) is 0.964. The van der Waals surface area contributed by atoms with E-state index in [9.17, 15) is 4.91 Å². The van der Waals surface area contributed by atoms with Gasteiger partial charge in [0.05, 0.1) is 5.69 Å². The van der Waals surface area contributed by atoms with Crippen LogP contribution in [-0.4, -0.2) is 6.54 Å². The summed E-state index contributed by atoms with van der Waals surface area (Å²) < 4.78 is 0. The molecule has 0 bridgehead atoms. The second kappa shape index (κ2) is 3.71. The van der Waals surface area contributed by atoms with E-state index in [1.807, 2.05) is 6.92 Å². The third kappa shape index (κ3) is 1.72. The van der Waals surface area contributed by atoms with Gasteiger partial charge in [-0.2, -0.15) is 0 Å². The number of benzene rings is 1. The highest BCUT2D eigenvalue weighted by molar-refractivity contribution is 5.69. The van der Waals surface area contributed by atoms with Gasteiger partial charge in [0, 0.05) is 12.2 Å². The summed E-state index contributed by atoms with van der Waals surface area (Å²) in [6.07, 6.45) is 0. The lowest BCUT2D eigenvalue weighted by molar-refractivity contribution is 1.21. The maximum Gasteiger partial charge on any atom is 0.133 e. The van der Waals surface area contributed by atoms with E-state index in [0.29, 0.717) is 11.4 Å². The van der Waals surface area contributed by atoms with Gasteiger partial charge >= 0.3 is 0 Å². The van der Waals surface area contributed by atoms with Crippen LogP contribution in [0.25, 0.3) is 0 Å². The number of nitrogens with zero attached hydrogens (tertiary/aromatic N) is 1. The van der Waals surface area contributed by atoms with Crippen LogP contribution in [0.3, 0.4) is 0 Å². The molecule has 0 atom stereocenters. The highest BCUT2D eigenvalue weighted by atomic mass is 16.3. The van der Waals surface area contributed by atoms with Crippen molar-refractivity contribution >= 4 is 17.1 Å². The van der Waals surface area contributed by atoms with Crippen LogP contribution in [0.15, 0.2) is 23.4 Å². The predicted octanol–water partition coefficient (Wildman–Crippen LogP) is 2.10. The Labute approximate surface area is 70.7 Å². The quantitative estimate of drug-likeness (QED) is 0.532. The van der Waals surface area contributed by atoms with Crippen molar-refractivity contribution in [2.45, 2.75) is 6.92 Å². The fraction of sp³-hybridized carbons (Fsp3) is 0.250. The van der Waals surface area contributed by atoms with Crippen molar-refractivity contribution in [3.8, 4) is 0 Å². The Kier molecular flexibility index (Phi) is 2.63. The molecule has 0 heterocycles. The molecule has 12 heavy (non-hydrogen) atoms. The number of hydrogen-bond acceptors (Lipinski definition) is 4. The third-order valence-electron chi connectivity index (χ3n) is 1.49. The molecule has 0 unspecified atom stereocenters. The first kappa shape index (κ1) is 8.52. The van der Waals surface area contributed by atoms with Gasteiger partial charge in [-0.05, 0) is 30.3 Å². The van der Waals surface area contributed by atoms with Crippen molar-refractivity contribution in [2.75, 3.05) is 17.6 Å². The van der Waals surface area contributed by atoms with Gasteiger partial charge in [-0.25, -0.2) is 0 Å². The SMILES string of the molecule is CCNc1ccc(N)cc1N=O. The Morgan fingerprint density at radius 1 is 1.58 bits per heavy atom. The molecular formula is C8H11N3O. The summed E-state index contributed by atoms with van der Waals surface area (Å²) >= 11 is 0. The third-order valence-corrected chi connectivity index (χ3v) is 1.49. The lowest BCUT2D eigenvalue weighted by Gasteiger charge is -2.04. The number of rotatable bonds is 3. The monoisotopic (exact) mass is 165 g/mol. The lowest BCUT2D eigenvalue weighted by Crippen LogP contribution is -1.96. The maximum absolute atomic E-state index is 10.3. The second-order valence-electron chi connectivity index (χ2n) is 2.40. The fourth-order valence-corrected chi connectivity index (χ4v) is 0.964. The van der Waals surface area contributed by atoms with Crippen molar-refractivity contribution in [3.05, 3.63) is 23.1 Å². The average Bonchev–Trinajstić information content (AvgIpc) is 2.08. The van der Waals surface area contributed by atoms with E-state index in [-0.39, 0.29) is 0 Å². The highest BCUT2D eigenvalue weighted by Crippen LogP contribution is 2.26. The Hall–Kier alpha value is -1.58. The predicted molar refractivity (Wildman–Crippen MR) is 50.5 cm³/mol. The molecule has 0 fully saturated rings. The van der Waals surface area contributed by atoms with Gasteiger partial charge in [0.15, 0.2) is 0 Å². The number of nitrogen functional groups attached to an aromatic ring is 1. The van der Waals surface area contributed by atoms with Crippen LogP contribution in [0.5, 0.6) is 0 Å². The van der Waals surface area contributed by atoms with E-state index in [1.54, 1.807) is 18.2 Å². The first-order valence-electron chi connectivity index (χ1n) is 3.74. The Balaban J connectivity index is 3.02. The van der Waals surface area contributed by atoms with Crippen molar-refractivity contribution in [1.82, 2.24) is 0 Å². The highest BCUT2D eigenvalue weighted by Gasteiger charge is 2.00. The topological polar surface area (TPSA) is 67.5 Å². The van der Waals surface area contributed by atoms with Crippen LogP contribution in [-0.2, 0) is 0 Å². The standard InChI is InChI=1S/C8H11N3O/c1-2-10-7-4-3-6(9)5-8(7)11-12/h3-5,10H,2,9H2,1H3. The maximum atomic E-state index is 10.3. The number of anilines is 2. The van der Waals surface area contributed by atoms with Gasteiger partial charge in [0.2, 0.25) is 0 Å². The molecule has 1 rings (SSSR count). The van der Waals surface area contributed by atoms with Crippen LogP contribution < -0.4 is 11.1 Å². The number of nitrogens with one attached hydrogen (secondary N) is 1. The van der Waals surface area contributed by atoms with Crippen LogP contribution in [0.1, 0.15) is 6.92 Å². The van der Waals surface area contributed by atoms with E-state index >= 15 is 0 Å². The smallest absolute Gasteiger partial charge is 0.133 e. The summed E-state index contributed by atoms with van der Waals surface area (Å²) in [5.41, 5.74) is 7.10. The van der Waals surface area contributed by atoms with Gasteiger partial charge in [-0.15, -0.1) is 4.91 Å². The molecule has 4 nitrogen and oxygen atoms in total. The van der Waals surface area contributed by atoms with Crippen molar-refractivity contribution in [2.24, 2.45) is 5.18 Å². The summed E-state index contributed by atoms with van der Waals surface area (Å²) in [5.74, 6) is 0. The Bertz CT molecular complexity index is 286. The minimum absolute atomic E-state index is 0.358. The summed E-state index contributed by atoms with van der Waals surface area (Å²) in [7, 11) is 0. The zero-order valence-electron chi connectivity index (χ0n) is 6.87. The van der Waals surface area contributed by atoms with Gasteiger partial charge in [0.25, 0.3) is 0 Å². The zero-order valence-corrected chi connectivity index (χ0v) is 6.87. The van der Waals surface area contributed by atoms with Gasteiger partial charge in [-0.1, -0.05) is 0 Å². The average molecular weight is 165 g/mol. The van der Waals surface area contributed by atoms with Crippen LogP contribution in [0.2, 0.25) is 0 Å². The zero-order chi connectivity index (χ0) is 8.97. The van der Waals surface area contributed by atoms with E-state index in [1.165, 1.54) is 0 Å². The Morgan fingerprint density at radius 2 is 2.33 bits per heavy atom. The van der Waals surface area contributed by atoms with Gasteiger partial charge in [0.1, 0.15) is 5.69 Å². The molecule has 0 radical (unpaired) electrons. The molecule has 0 amide bonds. The largest absolute Gasteiger partial charge is 0.399 e. The molecule has 64 valence electrons. The lowest BCUT2D eigenvalue weighted by atomic mass is 10.2. The molecule has 3 N–H and O–H groups in total. The van der Waals surface area contributed by atoms with E-state index in [2.05, 4.69) is 10.5 Å². The summed E-state index contributed by atoms with van der Waals surface area (Å²) in [6.45, 7) is 2.71. The molecular weight excluding hydrogens is 154 g/mol. The van der Waals surface area contributed by atoms with Crippen molar-refractivity contribution in [3.63, 3.8) is 0 Å². The Morgan fingerprint density at radius 3 is 2.92 bits per heavy atom. The second-order valence-corrected chi connectivity index (χ2v) is 2.40. The minimum Gasteiger partial charge on any atom is -0.399 e. The normalized spacial score (nSPS) is 9.42. The van der Waals surface area contributed by atoms with Gasteiger partial charge in [-0.3, -0.25) is 0 Å². The number of hydrogen-bond donors (Lipinski definition) is 2. The molecule has 0 aliphatic carbocycles. The summed E-state index contributed by atoms with van der Waals surface area (Å²) in [5, 5.41) is 5.86. The molecule has 0 aromatic heterocycles. The molecule has 1 aromatic rings.